The number of carbonyl (C=O) groups excluding carboxylic acids is 1. The van der Waals surface area contributed by atoms with Gasteiger partial charge in [-0.2, -0.15) is 0 Å². The molecule has 0 saturated carbocycles. The maximum Gasteiger partial charge on any atom is 0.226 e. The third-order valence-corrected chi connectivity index (χ3v) is 8.14. The van der Waals surface area contributed by atoms with Crippen LogP contribution in [0.1, 0.15) is 62.1 Å². The first-order valence-corrected chi connectivity index (χ1v) is 14.0. The summed E-state index contributed by atoms with van der Waals surface area (Å²) in [5.41, 5.74) is 2.24. The fourth-order valence-electron chi connectivity index (χ4n) is 5.14. The van der Waals surface area contributed by atoms with Gasteiger partial charge < -0.3 is 15.0 Å². The van der Waals surface area contributed by atoms with Crippen LogP contribution in [-0.2, 0) is 4.79 Å². The van der Waals surface area contributed by atoms with Gasteiger partial charge in [0.25, 0.3) is 0 Å². The van der Waals surface area contributed by atoms with E-state index >= 15 is 0 Å². The Bertz CT molecular complexity index is 1060. The van der Waals surface area contributed by atoms with Crippen molar-refractivity contribution in [2.24, 2.45) is 0 Å². The van der Waals surface area contributed by atoms with E-state index in [-0.39, 0.29) is 24.1 Å². The van der Waals surface area contributed by atoms with Crippen LogP contribution in [-0.4, -0.2) is 43.5 Å². The molecule has 0 aliphatic carbocycles. The van der Waals surface area contributed by atoms with Crippen LogP contribution < -0.4 is 15.0 Å². The van der Waals surface area contributed by atoms with Crippen LogP contribution in [0.25, 0.3) is 0 Å². The van der Waals surface area contributed by atoms with Crippen LogP contribution in [0, 0.1) is 0 Å². The number of thiophene rings is 1. The average molecular weight is 506 g/mol. The molecule has 1 saturated heterocycles. The van der Waals surface area contributed by atoms with Crippen LogP contribution in [0.3, 0.4) is 0 Å². The number of hydrogen-bond donors (Lipinski definition) is 1. The Morgan fingerprint density at radius 2 is 1.81 bits per heavy atom. The van der Waals surface area contributed by atoms with Crippen molar-refractivity contribution in [1.82, 2.24) is 10.2 Å². The molecule has 2 aromatic carbocycles. The number of anilines is 1. The molecule has 0 radical (unpaired) electrons. The summed E-state index contributed by atoms with van der Waals surface area (Å²) in [6.07, 6.45) is 3.42. The summed E-state index contributed by atoms with van der Waals surface area (Å²) in [7, 11) is 1.98. The normalized spacial score (nSPS) is 16.4. The molecule has 1 fully saturated rings. The number of hydrogen-bond acceptors (Lipinski definition) is 5. The Morgan fingerprint density at radius 3 is 2.47 bits per heavy atom. The van der Waals surface area contributed by atoms with Crippen molar-refractivity contribution >= 4 is 22.9 Å². The maximum atomic E-state index is 12.9. The molecule has 2 atom stereocenters. The molecule has 1 aliphatic heterocycles. The van der Waals surface area contributed by atoms with Gasteiger partial charge in [-0.1, -0.05) is 49.4 Å². The SMILES string of the molecule is CCC(=O)N(c1ccccc1)C1CCN(C(C)c2ccccc2OC(CCNC)c2cccs2)CC1. The highest BCUT2D eigenvalue weighted by molar-refractivity contribution is 7.10. The molecule has 3 aromatic rings. The second kappa shape index (κ2) is 13.0. The molecule has 4 rings (SSSR count). The maximum absolute atomic E-state index is 12.9. The van der Waals surface area contributed by atoms with Gasteiger partial charge in [0.1, 0.15) is 11.9 Å². The number of rotatable bonds is 11. The zero-order valence-electron chi connectivity index (χ0n) is 21.7. The second-order valence-electron chi connectivity index (χ2n) is 9.45. The molecular weight excluding hydrogens is 466 g/mol. The van der Waals surface area contributed by atoms with Gasteiger partial charge in [-0.25, -0.2) is 0 Å². The fraction of sp³-hybridized carbons (Fsp3) is 0.433. The summed E-state index contributed by atoms with van der Waals surface area (Å²) in [6.45, 7) is 7.04. The molecule has 1 aromatic heterocycles. The molecule has 2 heterocycles. The Labute approximate surface area is 220 Å². The number of benzene rings is 2. The first-order valence-electron chi connectivity index (χ1n) is 13.2. The molecule has 1 amide bonds. The Balaban J connectivity index is 1.46. The number of ether oxygens (including phenoxy) is 1. The van der Waals surface area contributed by atoms with Crippen molar-refractivity contribution in [3.63, 3.8) is 0 Å². The summed E-state index contributed by atoms with van der Waals surface area (Å²) in [5, 5.41) is 5.38. The molecule has 1 aliphatic rings. The molecular formula is C30H39N3O2S. The highest BCUT2D eigenvalue weighted by Crippen LogP contribution is 2.36. The highest BCUT2D eigenvalue weighted by Gasteiger charge is 2.31. The number of carbonyl (C=O) groups is 1. The predicted octanol–water partition coefficient (Wildman–Crippen LogP) is 6.45. The van der Waals surface area contributed by atoms with E-state index in [1.807, 2.05) is 49.2 Å². The molecule has 5 nitrogen and oxygen atoms in total. The molecule has 192 valence electrons. The van der Waals surface area contributed by atoms with Crippen molar-refractivity contribution in [1.29, 1.82) is 0 Å². The summed E-state index contributed by atoms with van der Waals surface area (Å²) in [4.78, 5) is 18.7. The molecule has 0 spiro atoms. The number of piperidine rings is 1. The van der Waals surface area contributed by atoms with E-state index < -0.39 is 0 Å². The van der Waals surface area contributed by atoms with Gasteiger partial charge in [0.05, 0.1) is 0 Å². The number of amides is 1. The fourth-order valence-corrected chi connectivity index (χ4v) is 5.93. The highest BCUT2D eigenvalue weighted by atomic mass is 32.1. The average Bonchev–Trinajstić information content (AvgIpc) is 3.47. The first-order chi connectivity index (χ1) is 17.6. The number of nitrogens with zero attached hydrogens (tertiary/aromatic N) is 2. The molecule has 6 heteroatoms. The van der Waals surface area contributed by atoms with E-state index in [2.05, 4.69) is 58.9 Å². The van der Waals surface area contributed by atoms with Crippen LogP contribution in [0.15, 0.2) is 72.1 Å². The van der Waals surface area contributed by atoms with Crippen molar-refractivity contribution in [3.05, 3.63) is 82.6 Å². The molecule has 36 heavy (non-hydrogen) atoms. The lowest BCUT2D eigenvalue weighted by Crippen LogP contribution is -2.48. The monoisotopic (exact) mass is 505 g/mol. The minimum absolute atomic E-state index is 0.0380. The van der Waals surface area contributed by atoms with Crippen LogP contribution in [0.2, 0.25) is 0 Å². The van der Waals surface area contributed by atoms with Gasteiger partial charge in [0, 0.05) is 54.1 Å². The van der Waals surface area contributed by atoms with E-state index in [9.17, 15) is 4.79 Å². The van der Waals surface area contributed by atoms with Crippen LogP contribution in [0.4, 0.5) is 5.69 Å². The van der Waals surface area contributed by atoms with Gasteiger partial charge in [0.2, 0.25) is 5.91 Å². The molecule has 1 N–H and O–H groups in total. The van der Waals surface area contributed by atoms with Crippen molar-refractivity contribution in [2.45, 2.75) is 57.7 Å². The number of likely N-dealkylation sites (tertiary alicyclic amines) is 1. The summed E-state index contributed by atoms with van der Waals surface area (Å²) < 4.78 is 6.66. The van der Waals surface area contributed by atoms with Crippen molar-refractivity contribution < 1.29 is 9.53 Å². The third kappa shape index (κ3) is 6.36. The van der Waals surface area contributed by atoms with Crippen LogP contribution in [0.5, 0.6) is 5.75 Å². The van der Waals surface area contributed by atoms with Gasteiger partial charge in [-0.15, -0.1) is 11.3 Å². The zero-order valence-corrected chi connectivity index (χ0v) is 22.5. The number of para-hydroxylation sites is 2. The smallest absolute Gasteiger partial charge is 0.226 e. The predicted molar refractivity (Wildman–Crippen MR) is 150 cm³/mol. The molecule has 0 bridgehead atoms. The quantitative estimate of drug-likeness (QED) is 0.325. The summed E-state index contributed by atoms with van der Waals surface area (Å²) in [5.74, 6) is 1.17. The van der Waals surface area contributed by atoms with E-state index in [1.165, 1.54) is 10.4 Å². The van der Waals surface area contributed by atoms with Crippen molar-refractivity contribution in [2.75, 3.05) is 31.6 Å². The Morgan fingerprint density at radius 1 is 1.08 bits per heavy atom. The summed E-state index contributed by atoms with van der Waals surface area (Å²) in [6, 6.07) is 23.3. The lowest BCUT2D eigenvalue weighted by Gasteiger charge is -2.41. The van der Waals surface area contributed by atoms with Gasteiger partial charge in [-0.05, 0) is 63.0 Å². The van der Waals surface area contributed by atoms with E-state index in [1.54, 1.807) is 11.3 Å². The van der Waals surface area contributed by atoms with E-state index in [4.69, 9.17) is 4.74 Å². The topological polar surface area (TPSA) is 44.8 Å². The lowest BCUT2D eigenvalue weighted by molar-refractivity contribution is -0.119. The molecule has 2 unspecified atom stereocenters. The Hall–Kier alpha value is -2.67. The summed E-state index contributed by atoms with van der Waals surface area (Å²) >= 11 is 1.75. The van der Waals surface area contributed by atoms with Gasteiger partial charge in [-0.3, -0.25) is 9.69 Å². The van der Waals surface area contributed by atoms with Gasteiger partial charge >= 0.3 is 0 Å². The lowest BCUT2D eigenvalue weighted by atomic mass is 9.97. The minimum Gasteiger partial charge on any atom is -0.485 e. The second-order valence-corrected chi connectivity index (χ2v) is 10.4. The Kier molecular flexibility index (Phi) is 9.56. The standard InChI is InChI=1S/C30H39N3O2S/c1-4-30(34)33(24-11-6-5-7-12-24)25-17-20-32(21-18-25)23(2)26-13-8-9-14-27(26)35-28(16-19-31-3)29-15-10-22-36-29/h5-15,22-23,25,28,31H,4,16-21H2,1-3H3. The number of nitrogens with one attached hydrogen (secondary N) is 1. The first kappa shape index (κ1) is 26.4. The van der Waals surface area contributed by atoms with E-state index in [0.29, 0.717) is 6.42 Å². The van der Waals surface area contributed by atoms with Crippen LogP contribution >= 0.6 is 11.3 Å². The third-order valence-electron chi connectivity index (χ3n) is 7.17. The van der Waals surface area contributed by atoms with Gasteiger partial charge in [0.15, 0.2) is 0 Å². The van der Waals surface area contributed by atoms with E-state index in [0.717, 1.165) is 50.3 Å². The van der Waals surface area contributed by atoms with Crippen molar-refractivity contribution in [3.8, 4) is 5.75 Å². The largest absolute Gasteiger partial charge is 0.485 e. The zero-order chi connectivity index (χ0) is 25.3. The minimum atomic E-state index is 0.0380.